The fourth-order valence-corrected chi connectivity index (χ4v) is 2.39. The Balaban J connectivity index is 1.93. The van der Waals surface area contributed by atoms with Gasteiger partial charge in [-0.2, -0.15) is 18.3 Å². The summed E-state index contributed by atoms with van der Waals surface area (Å²) in [5.74, 6) is 0.499. The van der Waals surface area contributed by atoms with Gasteiger partial charge in [-0.15, -0.1) is 0 Å². The quantitative estimate of drug-likeness (QED) is 0.923. The summed E-state index contributed by atoms with van der Waals surface area (Å²) in [5.41, 5.74) is -0.724. The molecule has 114 valence electrons. The van der Waals surface area contributed by atoms with Gasteiger partial charge in [-0.05, 0) is 18.9 Å². The van der Waals surface area contributed by atoms with E-state index in [0.717, 1.165) is 23.5 Å². The summed E-state index contributed by atoms with van der Waals surface area (Å²) in [5, 5.41) is 6.72. The van der Waals surface area contributed by atoms with Crippen LogP contribution in [0, 0.1) is 5.92 Å². The van der Waals surface area contributed by atoms with Crippen molar-refractivity contribution in [1.29, 1.82) is 0 Å². The van der Waals surface area contributed by atoms with Crippen LogP contribution in [-0.2, 0) is 6.18 Å². The number of alkyl halides is 3. The Hall–Kier alpha value is -1.83. The molecule has 1 saturated heterocycles. The fourth-order valence-electron chi connectivity index (χ4n) is 2.39. The summed E-state index contributed by atoms with van der Waals surface area (Å²) in [6.07, 6.45) is -0.873. The number of fused-ring (bicyclic) bond motifs is 1. The lowest BCUT2D eigenvalue weighted by molar-refractivity contribution is -0.141. The smallest absolute Gasteiger partial charge is 0.435 e. The number of nitrogens with one attached hydrogen (secondary N) is 1. The van der Waals surface area contributed by atoms with Crippen molar-refractivity contribution < 1.29 is 17.9 Å². The second kappa shape index (κ2) is 5.18. The molecule has 1 fully saturated rings. The van der Waals surface area contributed by atoms with Crippen molar-refractivity contribution in [3.63, 3.8) is 0 Å². The van der Waals surface area contributed by atoms with Gasteiger partial charge in [0.15, 0.2) is 5.69 Å². The minimum atomic E-state index is -4.48. The zero-order valence-corrected chi connectivity index (χ0v) is 11.4. The van der Waals surface area contributed by atoms with E-state index in [1.165, 1.54) is 12.4 Å². The molecule has 2 atom stereocenters. The molecule has 3 rings (SSSR count). The number of rotatable bonds is 2. The van der Waals surface area contributed by atoms with Gasteiger partial charge in [-0.25, -0.2) is 9.50 Å². The Morgan fingerprint density at radius 2 is 2.24 bits per heavy atom. The van der Waals surface area contributed by atoms with E-state index in [1.807, 2.05) is 0 Å². The summed E-state index contributed by atoms with van der Waals surface area (Å²) in [4.78, 5) is 4.05. The number of ether oxygens (including phenoxy) is 1. The van der Waals surface area contributed by atoms with Gasteiger partial charge < -0.3 is 10.1 Å². The van der Waals surface area contributed by atoms with E-state index in [1.54, 1.807) is 0 Å². The Morgan fingerprint density at radius 3 is 2.95 bits per heavy atom. The molecule has 5 nitrogen and oxygen atoms in total. The van der Waals surface area contributed by atoms with Crippen LogP contribution in [0.1, 0.15) is 19.0 Å². The first-order chi connectivity index (χ1) is 9.95. The number of nitrogens with zero attached hydrogens (tertiary/aromatic N) is 3. The zero-order chi connectivity index (χ0) is 15.0. The predicted octanol–water partition coefficient (Wildman–Crippen LogP) is 2.12. The second-order valence-corrected chi connectivity index (χ2v) is 5.22. The van der Waals surface area contributed by atoms with Crippen molar-refractivity contribution in [2.24, 2.45) is 5.92 Å². The Morgan fingerprint density at radius 1 is 1.43 bits per heavy atom. The van der Waals surface area contributed by atoms with Crippen LogP contribution in [-0.4, -0.2) is 33.8 Å². The third kappa shape index (κ3) is 2.80. The van der Waals surface area contributed by atoms with Crippen molar-refractivity contribution >= 4 is 5.52 Å². The van der Waals surface area contributed by atoms with Crippen molar-refractivity contribution in [3.05, 3.63) is 24.2 Å². The molecule has 21 heavy (non-hydrogen) atoms. The number of hydrogen-bond donors (Lipinski definition) is 1. The van der Waals surface area contributed by atoms with Crippen LogP contribution in [0.15, 0.2) is 18.5 Å². The summed E-state index contributed by atoms with van der Waals surface area (Å²) >= 11 is 0. The molecule has 0 amide bonds. The fraction of sp³-hybridized carbons (Fsp3) is 0.538. The SMILES string of the molecule is CC1CCNCC1Oc1nccn2nc(C(F)(F)F)cc12. The molecule has 1 aliphatic rings. The maximum absolute atomic E-state index is 12.7. The second-order valence-electron chi connectivity index (χ2n) is 5.22. The molecule has 0 bridgehead atoms. The summed E-state index contributed by atoms with van der Waals surface area (Å²) < 4.78 is 45.1. The van der Waals surface area contributed by atoms with Crippen LogP contribution in [0.2, 0.25) is 0 Å². The Kier molecular flexibility index (Phi) is 3.48. The summed E-state index contributed by atoms with van der Waals surface area (Å²) in [6.45, 7) is 3.64. The average molecular weight is 300 g/mol. The summed E-state index contributed by atoms with van der Waals surface area (Å²) in [6, 6.07) is 0.962. The Labute approximate surface area is 119 Å². The van der Waals surface area contributed by atoms with E-state index in [9.17, 15) is 13.2 Å². The highest BCUT2D eigenvalue weighted by Gasteiger charge is 2.35. The monoisotopic (exact) mass is 300 g/mol. The Bertz CT molecular complexity index is 640. The molecule has 3 heterocycles. The minimum absolute atomic E-state index is 0.110. The van der Waals surface area contributed by atoms with E-state index in [-0.39, 0.29) is 17.5 Å². The number of halogens is 3. The average Bonchev–Trinajstić information content (AvgIpc) is 2.86. The number of piperidine rings is 1. The molecule has 8 heteroatoms. The van der Waals surface area contributed by atoms with Crippen LogP contribution in [0.25, 0.3) is 5.52 Å². The van der Waals surface area contributed by atoms with Gasteiger partial charge in [0.25, 0.3) is 0 Å². The van der Waals surface area contributed by atoms with Crippen LogP contribution in [0.4, 0.5) is 13.2 Å². The molecule has 2 aromatic rings. The molecule has 2 aromatic heterocycles. The van der Waals surface area contributed by atoms with Gasteiger partial charge in [0, 0.05) is 25.0 Å². The minimum Gasteiger partial charge on any atom is -0.471 e. The number of hydrogen-bond acceptors (Lipinski definition) is 4. The lowest BCUT2D eigenvalue weighted by atomic mass is 9.97. The first-order valence-electron chi connectivity index (χ1n) is 6.74. The molecule has 0 saturated carbocycles. The van der Waals surface area contributed by atoms with E-state index >= 15 is 0 Å². The molecular weight excluding hydrogens is 285 g/mol. The highest BCUT2D eigenvalue weighted by molar-refractivity contribution is 5.57. The van der Waals surface area contributed by atoms with Crippen LogP contribution < -0.4 is 10.1 Å². The third-order valence-corrected chi connectivity index (χ3v) is 3.66. The molecule has 1 N–H and O–H groups in total. The molecular formula is C13H15F3N4O. The largest absolute Gasteiger partial charge is 0.471 e. The van der Waals surface area contributed by atoms with Crippen molar-refractivity contribution in [2.75, 3.05) is 13.1 Å². The van der Waals surface area contributed by atoms with Crippen molar-refractivity contribution in [3.8, 4) is 5.88 Å². The summed E-state index contributed by atoms with van der Waals surface area (Å²) in [7, 11) is 0. The van der Waals surface area contributed by atoms with Gasteiger partial charge in [-0.3, -0.25) is 0 Å². The maximum Gasteiger partial charge on any atom is 0.435 e. The predicted molar refractivity (Wildman–Crippen MR) is 69.1 cm³/mol. The molecule has 0 spiro atoms. The van der Waals surface area contributed by atoms with Gasteiger partial charge in [0.2, 0.25) is 5.88 Å². The van der Waals surface area contributed by atoms with Gasteiger partial charge in [-0.1, -0.05) is 6.92 Å². The van der Waals surface area contributed by atoms with Gasteiger partial charge in [0.05, 0.1) is 0 Å². The first-order valence-corrected chi connectivity index (χ1v) is 6.74. The van der Waals surface area contributed by atoms with Gasteiger partial charge >= 0.3 is 6.18 Å². The van der Waals surface area contributed by atoms with Crippen LogP contribution in [0.3, 0.4) is 0 Å². The van der Waals surface area contributed by atoms with E-state index in [4.69, 9.17) is 4.74 Å². The van der Waals surface area contributed by atoms with E-state index < -0.39 is 11.9 Å². The molecule has 2 unspecified atom stereocenters. The third-order valence-electron chi connectivity index (χ3n) is 3.66. The topological polar surface area (TPSA) is 51.5 Å². The lowest BCUT2D eigenvalue weighted by Crippen LogP contribution is -2.43. The van der Waals surface area contributed by atoms with Crippen LogP contribution in [0.5, 0.6) is 5.88 Å². The van der Waals surface area contributed by atoms with Crippen molar-refractivity contribution in [1.82, 2.24) is 19.9 Å². The highest BCUT2D eigenvalue weighted by atomic mass is 19.4. The van der Waals surface area contributed by atoms with Gasteiger partial charge in [0.1, 0.15) is 11.6 Å². The van der Waals surface area contributed by atoms with Crippen molar-refractivity contribution in [2.45, 2.75) is 25.6 Å². The number of aromatic nitrogens is 3. The van der Waals surface area contributed by atoms with Crippen LogP contribution >= 0.6 is 0 Å². The van der Waals surface area contributed by atoms with E-state index in [0.29, 0.717) is 12.5 Å². The lowest BCUT2D eigenvalue weighted by Gasteiger charge is -2.29. The van der Waals surface area contributed by atoms with E-state index in [2.05, 4.69) is 22.3 Å². The zero-order valence-electron chi connectivity index (χ0n) is 11.4. The molecule has 0 aliphatic carbocycles. The highest BCUT2D eigenvalue weighted by Crippen LogP contribution is 2.31. The molecule has 0 radical (unpaired) electrons. The molecule has 0 aromatic carbocycles. The molecule has 1 aliphatic heterocycles. The maximum atomic E-state index is 12.7. The normalized spacial score (nSPS) is 23.4. The first kappa shape index (κ1) is 14.1. The standard InChI is InChI=1S/C13H15F3N4O/c1-8-2-3-17-7-10(8)21-12-9-6-11(13(14,15)16)19-20(9)5-4-18-12/h4-6,8,10,17H,2-3,7H2,1H3.